The van der Waals surface area contributed by atoms with E-state index in [2.05, 4.69) is 13.8 Å². The predicted octanol–water partition coefficient (Wildman–Crippen LogP) is 2.42. The molecular weight excluding hydrogens is 164 g/mol. The van der Waals surface area contributed by atoms with Gasteiger partial charge in [-0.1, -0.05) is 20.3 Å². The van der Waals surface area contributed by atoms with E-state index in [0.717, 1.165) is 45.2 Å². The Morgan fingerprint density at radius 3 is 2.46 bits per heavy atom. The summed E-state index contributed by atoms with van der Waals surface area (Å²) in [6.45, 7) is 5.93. The first-order valence-corrected chi connectivity index (χ1v) is 5.23. The molecule has 0 unspecified atom stereocenters. The van der Waals surface area contributed by atoms with E-state index in [1.165, 1.54) is 0 Å². The Morgan fingerprint density at radius 2 is 2.00 bits per heavy atom. The van der Waals surface area contributed by atoms with Crippen LogP contribution in [0.25, 0.3) is 0 Å². The smallest absolute Gasteiger partial charge is 0.126 e. The van der Waals surface area contributed by atoms with Gasteiger partial charge < -0.3 is 9.53 Å². The quantitative estimate of drug-likeness (QED) is 0.627. The number of rotatable bonds is 4. The summed E-state index contributed by atoms with van der Waals surface area (Å²) in [5.74, 6) is 0.694. The SMILES string of the molecule is CC(C)CCC1(C=O)CCOCC1. The first-order valence-electron chi connectivity index (χ1n) is 5.23. The van der Waals surface area contributed by atoms with Gasteiger partial charge in [0.1, 0.15) is 6.29 Å². The zero-order valence-corrected chi connectivity index (χ0v) is 8.71. The van der Waals surface area contributed by atoms with Crippen LogP contribution in [0.4, 0.5) is 0 Å². The van der Waals surface area contributed by atoms with Crippen molar-refractivity contribution in [3.63, 3.8) is 0 Å². The van der Waals surface area contributed by atoms with Gasteiger partial charge in [-0.05, 0) is 25.2 Å². The molecule has 0 saturated carbocycles. The summed E-state index contributed by atoms with van der Waals surface area (Å²) in [4.78, 5) is 11.0. The average molecular weight is 184 g/mol. The lowest BCUT2D eigenvalue weighted by molar-refractivity contribution is -0.122. The first kappa shape index (κ1) is 10.7. The third-order valence-electron chi connectivity index (χ3n) is 2.96. The Bertz CT molecular complexity index is 157. The van der Waals surface area contributed by atoms with Crippen molar-refractivity contribution in [2.75, 3.05) is 13.2 Å². The van der Waals surface area contributed by atoms with Gasteiger partial charge in [-0.3, -0.25) is 0 Å². The molecule has 0 amide bonds. The fourth-order valence-corrected chi connectivity index (χ4v) is 1.78. The lowest BCUT2D eigenvalue weighted by Gasteiger charge is -2.32. The van der Waals surface area contributed by atoms with Gasteiger partial charge in [0.05, 0.1) is 0 Å². The molecule has 0 atom stereocenters. The Balaban J connectivity index is 2.42. The number of carbonyl (C=O) groups excluding carboxylic acids is 1. The molecule has 0 aromatic carbocycles. The second kappa shape index (κ2) is 4.75. The molecule has 0 aromatic heterocycles. The van der Waals surface area contributed by atoms with Crippen LogP contribution in [0.3, 0.4) is 0 Å². The van der Waals surface area contributed by atoms with E-state index in [-0.39, 0.29) is 5.41 Å². The van der Waals surface area contributed by atoms with Gasteiger partial charge in [-0.25, -0.2) is 0 Å². The topological polar surface area (TPSA) is 26.3 Å². The van der Waals surface area contributed by atoms with E-state index < -0.39 is 0 Å². The summed E-state index contributed by atoms with van der Waals surface area (Å²) in [5.41, 5.74) is -0.0531. The standard InChI is InChI=1S/C11H20O2/c1-10(2)3-4-11(9-12)5-7-13-8-6-11/h9-10H,3-8H2,1-2H3. The van der Waals surface area contributed by atoms with E-state index in [0.29, 0.717) is 5.92 Å². The van der Waals surface area contributed by atoms with E-state index in [1.54, 1.807) is 0 Å². The minimum Gasteiger partial charge on any atom is -0.381 e. The van der Waals surface area contributed by atoms with Gasteiger partial charge in [0.2, 0.25) is 0 Å². The third kappa shape index (κ3) is 3.11. The van der Waals surface area contributed by atoms with Crippen molar-refractivity contribution in [3.05, 3.63) is 0 Å². The molecule has 1 aliphatic rings. The maximum absolute atomic E-state index is 11.0. The van der Waals surface area contributed by atoms with Gasteiger partial charge in [0, 0.05) is 18.6 Å². The highest BCUT2D eigenvalue weighted by atomic mass is 16.5. The van der Waals surface area contributed by atoms with Gasteiger partial charge in [-0.2, -0.15) is 0 Å². The molecule has 0 bridgehead atoms. The van der Waals surface area contributed by atoms with Crippen molar-refractivity contribution in [1.82, 2.24) is 0 Å². The van der Waals surface area contributed by atoms with Gasteiger partial charge >= 0.3 is 0 Å². The molecule has 76 valence electrons. The van der Waals surface area contributed by atoms with E-state index in [4.69, 9.17) is 4.74 Å². The first-order chi connectivity index (χ1) is 6.18. The van der Waals surface area contributed by atoms with E-state index in [9.17, 15) is 4.79 Å². The molecule has 1 heterocycles. The van der Waals surface area contributed by atoms with Crippen LogP contribution < -0.4 is 0 Å². The molecule has 0 spiro atoms. The van der Waals surface area contributed by atoms with Crippen LogP contribution in [-0.4, -0.2) is 19.5 Å². The molecule has 0 aliphatic carbocycles. The van der Waals surface area contributed by atoms with E-state index in [1.807, 2.05) is 0 Å². The summed E-state index contributed by atoms with van der Waals surface area (Å²) in [7, 11) is 0. The molecule has 13 heavy (non-hydrogen) atoms. The molecular formula is C11H20O2. The summed E-state index contributed by atoms with van der Waals surface area (Å²) >= 11 is 0. The Kier molecular flexibility index (Phi) is 3.91. The number of hydrogen-bond acceptors (Lipinski definition) is 2. The molecule has 0 N–H and O–H groups in total. The minimum atomic E-state index is -0.0531. The molecule has 1 saturated heterocycles. The van der Waals surface area contributed by atoms with Crippen LogP contribution in [0.5, 0.6) is 0 Å². The van der Waals surface area contributed by atoms with Crippen LogP contribution in [0.2, 0.25) is 0 Å². The van der Waals surface area contributed by atoms with Gasteiger partial charge in [-0.15, -0.1) is 0 Å². The van der Waals surface area contributed by atoms with Crippen LogP contribution in [0.15, 0.2) is 0 Å². The number of ether oxygens (including phenoxy) is 1. The third-order valence-corrected chi connectivity index (χ3v) is 2.96. The summed E-state index contributed by atoms with van der Waals surface area (Å²) < 4.78 is 5.27. The van der Waals surface area contributed by atoms with Crippen molar-refractivity contribution in [3.8, 4) is 0 Å². The monoisotopic (exact) mass is 184 g/mol. The molecule has 2 nitrogen and oxygen atoms in total. The minimum absolute atomic E-state index is 0.0531. The Morgan fingerprint density at radius 1 is 1.38 bits per heavy atom. The zero-order valence-electron chi connectivity index (χ0n) is 8.71. The molecule has 0 aromatic rings. The number of carbonyl (C=O) groups is 1. The number of aldehydes is 1. The van der Waals surface area contributed by atoms with Crippen LogP contribution in [-0.2, 0) is 9.53 Å². The molecule has 1 aliphatic heterocycles. The molecule has 2 heteroatoms. The highest BCUT2D eigenvalue weighted by Gasteiger charge is 2.31. The summed E-state index contributed by atoms with van der Waals surface area (Å²) in [6, 6.07) is 0. The fraction of sp³-hybridized carbons (Fsp3) is 0.909. The Labute approximate surface area is 80.7 Å². The highest BCUT2D eigenvalue weighted by Crippen LogP contribution is 2.34. The van der Waals surface area contributed by atoms with Gasteiger partial charge in [0.25, 0.3) is 0 Å². The van der Waals surface area contributed by atoms with Crippen molar-refractivity contribution in [2.45, 2.75) is 39.5 Å². The lowest BCUT2D eigenvalue weighted by Crippen LogP contribution is -2.31. The van der Waals surface area contributed by atoms with Crippen LogP contribution in [0.1, 0.15) is 39.5 Å². The highest BCUT2D eigenvalue weighted by molar-refractivity contribution is 5.59. The van der Waals surface area contributed by atoms with E-state index >= 15 is 0 Å². The second-order valence-electron chi connectivity index (χ2n) is 4.53. The maximum Gasteiger partial charge on any atom is 0.126 e. The molecule has 1 fully saturated rings. The van der Waals surface area contributed by atoms with Crippen molar-refractivity contribution < 1.29 is 9.53 Å². The van der Waals surface area contributed by atoms with Crippen LogP contribution in [0, 0.1) is 11.3 Å². The zero-order chi connectivity index (χ0) is 9.73. The fourth-order valence-electron chi connectivity index (χ4n) is 1.78. The van der Waals surface area contributed by atoms with Crippen molar-refractivity contribution in [2.24, 2.45) is 11.3 Å². The van der Waals surface area contributed by atoms with Crippen LogP contribution >= 0.6 is 0 Å². The predicted molar refractivity (Wildman–Crippen MR) is 52.6 cm³/mol. The van der Waals surface area contributed by atoms with Gasteiger partial charge in [0.15, 0.2) is 0 Å². The normalized spacial score (nSPS) is 21.8. The van der Waals surface area contributed by atoms with Crippen molar-refractivity contribution >= 4 is 6.29 Å². The molecule has 1 rings (SSSR count). The second-order valence-corrected chi connectivity index (χ2v) is 4.53. The number of hydrogen-bond donors (Lipinski definition) is 0. The summed E-state index contributed by atoms with van der Waals surface area (Å²) in [6.07, 6.45) is 5.20. The lowest BCUT2D eigenvalue weighted by atomic mass is 9.76. The van der Waals surface area contributed by atoms with Crippen molar-refractivity contribution in [1.29, 1.82) is 0 Å². The Hall–Kier alpha value is -0.370. The molecule has 0 radical (unpaired) electrons. The largest absolute Gasteiger partial charge is 0.381 e. The average Bonchev–Trinajstić information content (AvgIpc) is 2.16. The summed E-state index contributed by atoms with van der Waals surface area (Å²) in [5, 5.41) is 0. The maximum atomic E-state index is 11.0.